The van der Waals surface area contributed by atoms with Gasteiger partial charge in [-0.05, 0) is 85.8 Å². The summed E-state index contributed by atoms with van der Waals surface area (Å²) < 4.78 is 18.9. The molecule has 0 saturated carbocycles. The number of nitrogens with two attached hydrogens (primary N) is 1. The molecule has 0 spiro atoms. The third-order valence-electron chi connectivity index (χ3n) is 6.50. The van der Waals surface area contributed by atoms with Crippen LogP contribution < -0.4 is 16.4 Å². The molecule has 11 heteroatoms. The van der Waals surface area contributed by atoms with Gasteiger partial charge >= 0.3 is 0 Å². The van der Waals surface area contributed by atoms with Gasteiger partial charge in [0.2, 0.25) is 17.5 Å². The molecule has 0 aliphatic heterocycles. The molecule has 0 aliphatic carbocycles. The Morgan fingerprint density at radius 3 is 2.45 bits per heavy atom. The molecule has 4 rings (SSSR count). The predicted octanol–water partition coefficient (Wildman–Crippen LogP) is 4.54. The highest BCUT2D eigenvalue weighted by atomic mass is 35.5. The Bertz CT molecular complexity index is 1530. The summed E-state index contributed by atoms with van der Waals surface area (Å²) in [6.07, 6.45) is 2.45. The lowest BCUT2D eigenvalue weighted by molar-refractivity contribution is 0.0843. The van der Waals surface area contributed by atoms with Crippen molar-refractivity contribution >= 4 is 29.2 Å². The van der Waals surface area contributed by atoms with Gasteiger partial charge in [-0.1, -0.05) is 47.1 Å². The van der Waals surface area contributed by atoms with Crippen LogP contribution in [-0.2, 0) is 12.8 Å². The van der Waals surface area contributed by atoms with Gasteiger partial charge < -0.3 is 20.9 Å². The molecule has 2 amide bonds. The number of nitrogens with one attached hydrogen (secondary N) is 2. The van der Waals surface area contributed by atoms with Gasteiger partial charge in [0.15, 0.2) is 0 Å². The highest BCUT2D eigenvalue weighted by molar-refractivity contribution is 6.30. The minimum absolute atomic E-state index is 0.0960. The lowest BCUT2D eigenvalue weighted by Gasteiger charge is -2.16. The van der Waals surface area contributed by atoms with Crippen LogP contribution in [0.15, 0.2) is 77.3 Å². The van der Waals surface area contributed by atoms with Crippen molar-refractivity contribution in [2.75, 3.05) is 13.1 Å². The van der Waals surface area contributed by atoms with E-state index in [9.17, 15) is 18.8 Å². The summed E-state index contributed by atoms with van der Waals surface area (Å²) in [5.74, 6) is -1.82. The molecular formula is C31H31ClFN5O4. The smallest absolute Gasteiger partial charge is 0.251 e. The van der Waals surface area contributed by atoms with Gasteiger partial charge in [-0.2, -0.15) is 4.98 Å². The van der Waals surface area contributed by atoms with E-state index in [2.05, 4.69) is 20.8 Å². The van der Waals surface area contributed by atoms with E-state index in [1.165, 1.54) is 18.2 Å². The van der Waals surface area contributed by atoms with Crippen LogP contribution in [0.3, 0.4) is 0 Å². The van der Waals surface area contributed by atoms with Crippen molar-refractivity contribution in [3.8, 4) is 0 Å². The number of Topliss-reactive ketones (excluding diaryl/α,β-unsaturated/α-hetero) is 1. The molecule has 4 N–H and O–H groups in total. The maximum absolute atomic E-state index is 13.6. The fourth-order valence-corrected chi connectivity index (χ4v) is 4.49. The van der Waals surface area contributed by atoms with Gasteiger partial charge in [0.05, 0.1) is 12.5 Å². The van der Waals surface area contributed by atoms with Crippen molar-refractivity contribution in [2.45, 2.75) is 38.1 Å². The first kappa shape index (κ1) is 30.5. The van der Waals surface area contributed by atoms with E-state index in [1.54, 1.807) is 30.3 Å². The van der Waals surface area contributed by atoms with Crippen LogP contribution in [0.5, 0.6) is 0 Å². The molecule has 218 valence electrons. The van der Waals surface area contributed by atoms with Crippen LogP contribution >= 0.6 is 11.6 Å². The summed E-state index contributed by atoms with van der Waals surface area (Å²) in [6, 6.07) is 18.7. The maximum atomic E-state index is 13.6. The van der Waals surface area contributed by atoms with E-state index in [0.717, 1.165) is 17.2 Å². The minimum Gasteiger partial charge on any atom is -0.352 e. The molecule has 0 radical (unpaired) electrons. The zero-order valence-electron chi connectivity index (χ0n) is 22.8. The minimum atomic E-state index is -0.936. The summed E-state index contributed by atoms with van der Waals surface area (Å²) in [4.78, 5) is 42.6. The molecule has 1 heterocycles. The first-order valence-corrected chi connectivity index (χ1v) is 13.9. The first-order valence-electron chi connectivity index (χ1n) is 13.6. The fraction of sp³-hybridized carbons (Fsp3) is 0.258. The quantitative estimate of drug-likeness (QED) is 0.144. The second kappa shape index (κ2) is 15.0. The lowest BCUT2D eigenvalue weighted by Crippen LogP contribution is -2.41. The van der Waals surface area contributed by atoms with Gasteiger partial charge in [0.25, 0.3) is 11.8 Å². The van der Waals surface area contributed by atoms with Crippen LogP contribution in [0.1, 0.15) is 67.6 Å². The van der Waals surface area contributed by atoms with Gasteiger partial charge in [-0.3, -0.25) is 14.4 Å². The molecule has 1 atom stereocenters. The topological polar surface area (TPSA) is 140 Å². The highest BCUT2D eigenvalue weighted by Crippen LogP contribution is 2.14. The molecule has 0 aliphatic rings. The number of aromatic nitrogens is 2. The first-order chi connectivity index (χ1) is 20.3. The van der Waals surface area contributed by atoms with E-state index in [-0.39, 0.29) is 29.6 Å². The monoisotopic (exact) mass is 591 g/mol. The summed E-state index contributed by atoms with van der Waals surface area (Å²) in [7, 11) is 0. The predicted molar refractivity (Wildman–Crippen MR) is 156 cm³/mol. The van der Waals surface area contributed by atoms with Crippen molar-refractivity contribution in [1.82, 2.24) is 20.8 Å². The number of carbonyl (C=O) groups is 3. The van der Waals surface area contributed by atoms with E-state index in [1.807, 2.05) is 18.2 Å². The summed E-state index contributed by atoms with van der Waals surface area (Å²) in [6.45, 7) is 0.907. The number of rotatable bonds is 14. The number of benzene rings is 3. The third-order valence-corrected chi connectivity index (χ3v) is 6.74. The standard InChI is InChI=1S/C31H31ClFN5O4/c32-24-7-3-5-20(17-24)14-16-35-30(40)22-12-10-21(11-13-22)18-27-37-29(38-42-27)28(39)26(9-1-2-15-34)36-31(41)23-6-4-8-25(33)19-23/h3-8,10-13,17,19,26H,1-2,9,14-16,18,34H2,(H,35,40)(H,36,41). The van der Waals surface area contributed by atoms with Crippen LogP contribution in [0, 0.1) is 5.82 Å². The molecule has 0 fully saturated rings. The zero-order valence-corrected chi connectivity index (χ0v) is 23.6. The molecule has 0 bridgehead atoms. The van der Waals surface area contributed by atoms with Crippen molar-refractivity contribution in [1.29, 1.82) is 0 Å². The van der Waals surface area contributed by atoms with Crippen LogP contribution in [0.25, 0.3) is 0 Å². The number of halogens is 2. The molecule has 3 aromatic carbocycles. The van der Waals surface area contributed by atoms with Crippen LogP contribution in [0.4, 0.5) is 4.39 Å². The molecule has 1 unspecified atom stereocenters. The molecular weight excluding hydrogens is 561 g/mol. The van der Waals surface area contributed by atoms with Gasteiger partial charge in [0, 0.05) is 22.7 Å². The maximum Gasteiger partial charge on any atom is 0.251 e. The molecule has 42 heavy (non-hydrogen) atoms. The fourth-order valence-electron chi connectivity index (χ4n) is 4.28. The normalized spacial score (nSPS) is 11.6. The highest BCUT2D eigenvalue weighted by Gasteiger charge is 2.27. The molecule has 0 saturated heterocycles. The summed E-state index contributed by atoms with van der Waals surface area (Å²) in [5, 5.41) is 10.0. The molecule has 4 aromatic rings. The number of carbonyl (C=O) groups excluding carboxylic acids is 3. The second-order valence-corrected chi connectivity index (χ2v) is 10.1. The van der Waals surface area contributed by atoms with Gasteiger partial charge in [0.1, 0.15) is 5.82 Å². The lowest BCUT2D eigenvalue weighted by atomic mass is 10.0. The Morgan fingerprint density at radius 1 is 0.929 bits per heavy atom. The van der Waals surface area contributed by atoms with E-state index in [4.69, 9.17) is 21.9 Å². The van der Waals surface area contributed by atoms with Gasteiger partial charge in [-0.25, -0.2) is 4.39 Å². The van der Waals surface area contributed by atoms with Crippen molar-refractivity contribution < 1.29 is 23.3 Å². The number of hydrogen-bond donors (Lipinski definition) is 3. The number of amides is 2. The second-order valence-electron chi connectivity index (χ2n) is 9.71. The molecule has 9 nitrogen and oxygen atoms in total. The average Bonchev–Trinajstić information content (AvgIpc) is 3.45. The van der Waals surface area contributed by atoms with Crippen molar-refractivity contribution in [3.63, 3.8) is 0 Å². The third kappa shape index (κ3) is 8.79. The van der Waals surface area contributed by atoms with Crippen molar-refractivity contribution in [2.24, 2.45) is 5.73 Å². The SMILES string of the molecule is NCCCCC(NC(=O)c1cccc(F)c1)C(=O)c1noc(Cc2ccc(C(=O)NCCc3cccc(Cl)c3)cc2)n1. The van der Waals surface area contributed by atoms with Gasteiger partial charge in [-0.15, -0.1) is 0 Å². The van der Waals surface area contributed by atoms with Crippen LogP contribution in [0.2, 0.25) is 5.02 Å². The summed E-state index contributed by atoms with van der Waals surface area (Å²) in [5.41, 5.74) is 8.01. The Hall–Kier alpha value is -4.41. The van der Waals surface area contributed by atoms with E-state index in [0.29, 0.717) is 49.4 Å². The average molecular weight is 592 g/mol. The number of nitrogens with zero attached hydrogens (tertiary/aromatic N) is 2. The Balaban J connectivity index is 1.34. The zero-order chi connectivity index (χ0) is 29.9. The number of ketones is 1. The van der Waals surface area contributed by atoms with Crippen molar-refractivity contribution in [3.05, 3.63) is 118 Å². The Kier molecular flexibility index (Phi) is 10.9. The largest absolute Gasteiger partial charge is 0.352 e. The van der Waals surface area contributed by atoms with E-state index < -0.39 is 23.5 Å². The Labute approximate surface area is 247 Å². The Morgan fingerprint density at radius 2 is 1.71 bits per heavy atom. The number of unbranched alkanes of at least 4 members (excludes halogenated alkanes) is 1. The van der Waals surface area contributed by atoms with Crippen LogP contribution in [-0.4, -0.2) is 46.9 Å². The number of hydrogen-bond acceptors (Lipinski definition) is 7. The summed E-state index contributed by atoms with van der Waals surface area (Å²) >= 11 is 6.00. The molecule has 1 aromatic heterocycles. The van der Waals surface area contributed by atoms with E-state index >= 15 is 0 Å².